The van der Waals surface area contributed by atoms with Gasteiger partial charge in [-0.1, -0.05) is 29.8 Å². The molecule has 0 saturated heterocycles. The number of para-hydroxylation sites is 1. The van der Waals surface area contributed by atoms with Crippen molar-refractivity contribution >= 4 is 28.4 Å². The third-order valence-corrected chi connectivity index (χ3v) is 2.19. The van der Waals surface area contributed by atoms with Crippen molar-refractivity contribution in [2.24, 2.45) is 5.73 Å². The van der Waals surface area contributed by atoms with Gasteiger partial charge in [0.05, 0.1) is 5.56 Å². The van der Waals surface area contributed by atoms with Crippen molar-refractivity contribution in [2.75, 3.05) is 0 Å². The van der Waals surface area contributed by atoms with E-state index in [1.54, 1.807) is 6.07 Å². The molecule has 0 aliphatic carbocycles. The molecule has 0 fully saturated rings. The number of hydrogen-bond acceptors (Lipinski definition) is 1. The molecule has 1 heterocycles. The summed E-state index contributed by atoms with van der Waals surface area (Å²) >= 11 is 5.81. The molecule has 13 heavy (non-hydrogen) atoms. The topological polar surface area (TPSA) is 58.9 Å². The SMILES string of the molecule is NC(=O)c1c(Cl)[nH]c2ccccc12. The van der Waals surface area contributed by atoms with E-state index in [9.17, 15) is 4.79 Å². The Morgan fingerprint density at radius 2 is 2.08 bits per heavy atom. The maximum atomic E-state index is 11.0. The Bertz CT molecular complexity index is 475. The minimum Gasteiger partial charge on any atom is -0.365 e. The van der Waals surface area contributed by atoms with Crippen LogP contribution in [0.4, 0.5) is 0 Å². The number of primary amides is 1. The summed E-state index contributed by atoms with van der Waals surface area (Å²) in [5.74, 6) is -0.512. The van der Waals surface area contributed by atoms with Gasteiger partial charge in [-0.2, -0.15) is 0 Å². The van der Waals surface area contributed by atoms with Crippen LogP contribution in [0.1, 0.15) is 10.4 Å². The predicted octanol–water partition coefficient (Wildman–Crippen LogP) is 1.92. The number of nitrogens with two attached hydrogens (primary N) is 1. The fourth-order valence-corrected chi connectivity index (χ4v) is 1.65. The summed E-state index contributed by atoms with van der Waals surface area (Å²) in [5.41, 5.74) is 6.36. The fourth-order valence-electron chi connectivity index (χ4n) is 1.35. The maximum Gasteiger partial charge on any atom is 0.252 e. The highest BCUT2D eigenvalue weighted by atomic mass is 35.5. The van der Waals surface area contributed by atoms with Gasteiger partial charge < -0.3 is 10.7 Å². The van der Waals surface area contributed by atoms with Gasteiger partial charge in [-0.15, -0.1) is 0 Å². The summed E-state index contributed by atoms with van der Waals surface area (Å²) in [7, 11) is 0. The van der Waals surface area contributed by atoms with Crippen LogP contribution < -0.4 is 5.73 Å². The van der Waals surface area contributed by atoms with Crippen LogP contribution in [0.5, 0.6) is 0 Å². The smallest absolute Gasteiger partial charge is 0.252 e. The number of carbonyl (C=O) groups is 1. The lowest BCUT2D eigenvalue weighted by molar-refractivity contribution is 0.100. The zero-order chi connectivity index (χ0) is 9.42. The van der Waals surface area contributed by atoms with Gasteiger partial charge in [0, 0.05) is 10.9 Å². The van der Waals surface area contributed by atoms with Gasteiger partial charge in [0.25, 0.3) is 5.91 Å². The first-order valence-electron chi connectivity index (χ1n) is 3.76. The fraction of sp³-hybridized carbons (Fsp3) is 0. The van der Waals surface area contributed by atoms with Crippen LogP contribution in [-0.4, -0.2) is 10.9 Å². The lowest BCUT2D eigenvalue weighted by Gasteiger charge is -1.91. The van der Waals surface area contributed by atoms with Gasteiger partial charge in [-0.05, 0) is 6.07 Å². The summed E-state index contributed by atoms with van der Waals surface area (Å²) in [4.78, 5) is 13.9. The molecule has 2 aromatic rings. The van der Waals surface area contributed by atoms with E-state index in [4.69, 9.17) is 17.3 Å². The second-order valence-electron chi connectivity index (χ2n) is 2.72. The molecule has 3 N–H and O–H groups in total. The van der Waals surface area contributed by atoms with E-state index in [2.05, 4.69) is 4.98 Å². The van der Waals surface area contributed by atoms with Crippen molar-refractivity contribution in [1.82, 2.24) is 4.98 Å². The molecule has 2 rings (SSSR count). The minimum absolute atomic E-state index is 0.300. The van der Waals surface area contributed by atoms with E-state index in [1.165, 1.54) is 0 Å². The summed E-state index contributed by atoms with van der Waals surface area (Å²) in [6.45, 7) is 0. The Hall–Kier alpha value is -1.48. The van der Waals surface area contributed by atoms with Gasteiger partial charge >= 0.3 is 0 Å². The average Bonchev–Trinajstić information content (AvgIpc) is 2.39. The lowest BCUT2D eigenvalue weighted by Crippen LogP contribution is -2.10. The lowest BCUT2D eigenvalue weighted by atomic mass is 10.2. The number of amides is 1. The second kappa shape index (κ2) is 2.78. The number of fused-ring (bicyclic) bond motifs is 1. The van der Waals surface area contributed by atoms with Crippen molar-refractivity contribution in [3.63, 3.8) is 0 Å². The maximum absolute atomic E-state index is 11.0. The third kappa shape index (κ3) is 1.17. The summed E-state index contributed by atoms with van der Waals surface area (Å²) < 4.78 is 0. The number of halogens is 1. The number of H-pyrrole nitrogens is 1. The zero-order valence-corrected chi connectivity index (χ0v) is 7.43. The molecule has 0 radical (unpaired) electrons. The number of rotatable bonds is 1. The predicted molar refractivity (Wildman–Crippen MR) is 51.8 cm³/mol. The van der Waals surface area contributed by atoms with Crippen molar-refractivity contribution in [3.8, 4) is 0 Å². The van der Waals surface area contributed by atoms with E-state index in [0.29, 0.717) is 10.7 Å². The molecule has 0 atom stereocenters. The van der Waals surface area contributed by atoms with Crippen molar-refractivity contribution < 1.29 is 4.79 Å². The summed E-state index contributed by atoms with van der Waals surface area (Å²) in [5, 5.41) is 1.06. The van der Waals surface area contributed by atoms with E-state index >= 15 is 0 Å². The number of hydrogen-bond donors (Lipinski definition) is 2. The van der Waals surface area contributed by atoms with Crippen molar-refractivity contribution in [1.29, 1.82) is 0 Å². The highest BCUT2D eigenvalue weighted by Gasteiger charge is 2.13. The first kappa shape index (κ1) is 8.13. The molecule has 0 spiro atoms. The standard InChI is InChI=1S/C9H7ClN2O/c10-8-7(9(11)13)5-3-1-2-4-6(5)12-8/h1-4,12H,(H2,11,13). The van der Waals surface area contributed by atoms with E-state index in [-0.39, 0.29) is 0 Å². The highest BCUT2D eigenvalue weighted by molar-refractivity contribution is 6.35. The number of aromatic nitrogens is 1. The Balaban J connectivity index is 2.86. The van der Waals surface area contributed by atoms with Crippen LogP contribution in [0.25, 0.3) is 10.9 Å². The Morgan fingerprint density at radius 3 is 2.77 bits per heavy atom. The van der Waals surface area contributed by atoms with Crippen molar-refractivity contribution in [2.45, 2.75) is 0 Å². The number of nitrogens with one attached hydrogen (secondary N) is 1. The molecule has 0 bridgehead atoms. The largest absolute Gasteiger partial charge is 0.365 e. The van der Waals surface area contributed by atoms with Gasteiger partial charge in [-0.25, -0.2) is 0 Å². The monoisotopic (exact) mass is 194 g/mol. The van der Waals surface area contributed by atoms with Gasteiger partial charge in [-0.3, -0.25) is 4.79 Å². The number of benzene rings is 1. The Labute approximate surface area is 79.5 Å². The molecule has 0 saturated carbocycles. The van der Waals surface area contributed by atoms with Crippen LogP contribution in [0, 0.1) is 0 Å². The molecule has 1 aromatic carbocycles. The van der Waals surface area contributed by atoms with E-state index in [0.717, 1.165) is 10.9 Å². The molecule has 0 aliphatic heterocycles. The van der Waals surface area contributed by atoms with Crippen LogP contribution in [0.3, 0.4) is 0 Å². The van der Waals surface area contributed by atoms with Gasteiger partial charge in [0.1, 0.15) is 5.15 Å². The minimum atomic E-state index is -0.512. The molecule has 0 aliphatic rings. The quantitative estimate of drug-likeness (QED) is 0.716. The van der Waals surface area contributed by atoms with Crippen LogP contribution in [-0.2, 0) is 0 Å². The number of carbonyl (C=O) groups excluding carboxylic acids is 1. The second-order valence-corrected chi connectivity index (χ2v) is 3.10. The van der Waals surface area contributed by atoms with Crippen LogP contribution >= 0.6 is 11.6 Å². The molecular weight excluding hydrogens is 188 g/mol. The Morgan fingerprint density at radius 1 is 1.38 bits per heavy atom. The zero-order valence-electron chi connectivity index (χ0n) is 6.67. The number of aromatic amines is 1. The first-order chi connectivity index (χ1) is 6.20. The van der Waals surface area contributed by atoms with E-state index in [1.807, 2.05) is 18.2 Å². The first-order valence-corrected chi connectivity index (χ1v) is 4.14. The normalized spacial score (nSPS) is 10.5. The molecule has 3 nitrogen and oxygen atoms in total. The highest BCUT2D eigenvalue weighted by Crippen LogP contribution is 2.24. The van der Waals surface area contributed by atoms with Gasteiger partial charge in [0.15, 0.2) is 0 Å². The van der Waals surface area contributed by atoms with Gasteiger partial charge in [0.2, 0.25) is 0 Å². The molecular formula is C9H7ClN2O. The molecule has 1 amide bonds. The van der Waals surface area contributed by atoms with Crippen molar-refractivity contribution in [3.05, 3.63) is 35.0 Å². The third-order valence-electron chi connectivity index (χ3n) is 1.91. The molecule has 0 unspecified atom stereocenters. The Kier molecular flexibility index (Phi) is 1.74. The summed E-state index contributed by atoms with van der Waals surface area (Å²) in [6, 6.07) is 7.34. The molecule has 66 valence electrons. The van der Waals surface area contributed by atoms with Crippen LogP contribution in [0.2, 0.25) is 5.15 Å². The molecule has 1 aromatic heterocycles. The molecule has 4 heteroatoms. The summed E-state index contributed by atoms with van der Waals surface area (Å²) in [6.07, 6.45) is 0. The van der Waals surface area contributed by atoms with Crippen LogP contribution in [0.15, 0.2) is 24.3 Å². The average molecular weight is 195 g/mol. The van der Waals surface area contributed by atoms with E-state index < -0.39 is 5.91 Å².